The molecule has 2 heterocycles. The molecule has 122 valence electrons. The molecule has 0 radical (unpaired) electrons. The number of pyridine rings is 1. The molecule has 0 spiro atoms. The molecule has 3 rings (SSSR count). The zero-order chi connectivity index (χ0) is 17.0. The van der Waals surface area contributed by atoms with Crippen LogP contribution in [0.15, 0.2) is 76.0 Å². The van der Waals surface area contributed by atoms with Gasteiger partial charge in [-0.25, -0.2) is 18.4 Å². The van der Waals surface area contributed by atoms with Crippen molar-refractivity contribution in [2.75, 3.05) is 5.73 Å². The molecule has 0 saturated heterocycles. The Labute approximate surface area is 144 Å². The molecule has 0 aliphatic heterocycles. The van der Waals surface area contributed by atoms with Gasteiger partial charge in [0.05, 0.1) is 10.6 Å². The van der Waals surface area contributed by atoms with Gasteiger partial charge < -0.3 is 5.73 Å². The minimum atomic E-state index is -3.40. The van der Waals surface area contributed by atoms with E-state index in [2.05, 4.69) is 15.0 Å². The zero-order valence-electron chi connectivity index (χ0n) is 12.5. The van der Waals surface area contributed by atoms with Gasteiger partial charge in [-0.3, -0.25) is 4.98 Å². The van der Waals surface area contributed by atoms with Crippen LogP contribution in [0.3, 0.4) is 0 Å². The summed E-state index contributed by atoms with van der Waals surface area (Å²) in [7, 11) is -3.40. The third-order valence-corrected chi connectivity index (χ3v) is 5.74. The molecule has 8 heteroatoms. The number of hydrogen-bond donors (Lipinski definition) is 1. The number of nitrogens with two attached hydrogens (primary N) is 1. The fourth-order valence-corrected chi connectivity index (χ4v) is 4.10. The first-order chi connectivity index (χ1) is 11.5. The number of nitrogen functional groups attached to an aromatic ring is 1. The summed E-state index contributed by atoms with van der Waals surface area (Å²) in [6, 6.07) is 11.6. The standard InChI is InChI=1S/C16H14N4O2S2/c17-15-7-10-19-16(20-15)23-13-1-3-14(4-2-13)24(21,22)11-12-5-8-18-9-6-12/h1-10H,11H2,(H2,17,19,20). The molecular formula is C16H14N4O2S2. The molecular weight excluding hydrogens is 344 g/mol. The SMILES string of the molecule is Nc1ccnc(Sc2ccc(S(=O)(=O)Cc3ccncc3)cc2)n1. The molecule has 6 nitrogen and oxygen atoms in total. The van der Waals surface area contributed by atoms with Crippen molar-refractivity contribution in [3.8, 4) is 0 Å². The highest BCUT2D eigenvalue weighted by molar-refractivity contribution is 7.99. The maximum Gasteiger partial charge on any atom is 0.194 e. The second-order valence-electron chi connectivity index (χ2n) is 4.95. The maximum absolute atomic E-state index is 12.4. The van der Waals surface area contributed by atoms with Crippen molar-refractivity contribution >= 4 is 27.4 Å². The van der Waals surface area contributed by atoms with Crippen molar-refractivity contribution < 1.29 is 8.42 Å². The average molecular weight is 358 g/mol. The lowest BCUT2D eigenvalue weighted by atomic mass is 10.3. The molecule has 0 aliphatic carbocycles. The topological polar surface area (TPSA) is 98.8 Å². The van der Waals surface area contributed by atoms with Crippen LogP contribution in [0, 0.1) is 0 Å². The van der Waals surface area contributed by atoms with Crippen LogP contribution in [0.1, 0.15) is 5.56 Å². The lowest BCUT2D eigenvalue weighted by Crippen LogP contribution is -2.04. The summed E-state index contributed by atoms with van der Waals surface area (Å²) in [6.45, 7) is 0. The van der Waals surface area contributed by atoms with E-state index in [1.165, 1.54) is 11.8 Å². The average Bonchev–Trinajstić information content (AvgIpc) is 2.56. The molecule has 0 saturated carbocycles. The number of rotatable bonds is 5. The number of benzene rings is 1. The first kappa shape index (κ1) is 16.4. The fourth-order valence-electron chi connectivity index (χ4n) is 2.01. The van der Waals surface area contributed by atoms with Crippen LogP contribution in [0.25, 0.3) is 0 Å². The van der Waals surface area contributed by atoms with E-state index in [4.69, 9.17) is 5.73 Å². The molecule has 0 fully saturated rings. The number of sulfone groups is 1. The normalized spacial score (nSPS) is 11.3. The molecule has 3 aromatic rings. The third-order valence-electron chi connectivity index (χ3n) is 3.15. The van der Waals surface area contributed by atoms with E-state index in [0.29, 0.717) is 16.5 Å². The number of anilines is 1. The molecule has 0 amide bonds. The smallest absolute Gasteiger partial charge is 0.194 e. The van der Waals surface area contributed by atoms with Crippen LogP contribution >= 0.6 is 11.8 Å². The van der Waals surface area contributed by atoms with E-state index in [1.807, 2.05) is 0 Å². The van der Waals surface area contributed by atoms with Gasteiger partial charge in [-0.15, -0.1) is 0 Å². The highest BCUT2D eigenvalue weighted by atomic mass is 32.2. The van der Waals surface area contributed by atoms with Crippen LogP contribution < -0.4 is 5.73 Å². The van der Waals surface area contributed by atoms with Gasteiger partial charge in [0.15, 0.2) is 15.0 Å². The van der Waals surface area contributed by atoms with E-state index >= 15 is 0 Å². The highest BCUT2D eigenvalue weighted by Crippen LogP contribution is 2.26. The van der Waals surface area contributed by atoms with Gasteiger partial charge in [0, 0.05) is 23.5 Å². The Kier molecular flexibility index (Phi) is 4.77. The van der Waals surface area contributed by atoms with Gasteiger partial charge in [0.1, 0.15) is 5.82 Å². The molecule has 2 N–H and O–H groups in total. The predicted molar refractivity (Wildman–Crippen MR) is 92.1 cm³/mol. The first-order valence-electron chi connectivity index (χ1n) is 7.01. The molecule has 0 atom stereocenters. The number of nitrogens with zero attached hydrogens (tertiary/aromatic N) is 3. The van der Waals surface area contributed by atoms with E-state index in [-0.39, 0.29) is 10.6 Å². The van der Waals surface area contributed by atoms with Gasteiger partial charge in [-0.2, -0.15) is 0 Å². The molecule has 0 bridgehead atoms. The Morgan fingerprint density at radius 1 is 0.958 bits per heavy atom. The van der Waals surface area contributed by atoms with E-state index in [9.17, 15) is 8.42 Å². The Morgan fingerprint density at radius 2 is 1.67 bits per heavy atom. The summed E-state index contributed by atoms with van der Waals surface area (Å²) in [4.78, 5) is 13.2. The molecule has 0 unspecified atom stereocenters. The number of hydrogen-bond acceptors (Lipinski definition) is 7. The predicted octanol–water partition coefficient (Wildman–Crippen LogP) is 2.58. The summed E-state index contributed by atoms with van der Waals surface area (Å²) in [5.74, 6) is 0.337. The maximum atomic E-state index is 12.4. The quantitative estimate of drug-likeness (QED) is 0.700. The van der Waals surface area contributed by atoms with Gasteiger partial charge in [-0.05, 0) is 59.8 Å². The molecule has 2 aromatic heterocycles. The van der Waals surface area contributed by atoms with Crippen molar-refractivity contribution in [2.24, 2.45) is 0 Å². The second kappa shape index (κ2) is 6.98. The van der Waals surface area contributed by atoms with Crippen LogP contribution in [0.2, 0.25) is 0 Å². The summed E-state index contributed by atoms with van der Waals surface area (Å²) in [6.07, 6.45) is 4.74. The highest BCUT2D eigenvalue weighted by Gasteiger charge is 2.15. The van der Waals surface area contributed by atoms with Crippen LogP contribution in [-0.2, 0) is 15.6 Å². The Bertz CT molecular complexity index is 930. The van der Waals surface area contributed by atoms with Crippen molar-refractivity contribution in [1.82, 2.24) is 15.0 Å². The van der Waals surface area contributed by atoms with Crippen LogP contribution in [-0.4, -0.2) is 23.4 Å². The summed E-state index contributed by atoms with van der Waals surface area (Å²) in [5, 5.41) is 0.516. The van der Waals surface area contributed by atoms with Crippen LogP contribution in [0.5, 0.6) is 0 Å². The summed E-state index contributed by atoms with van der Waals surface area (Å²) < 4.78 is 24.9. The van der Waals surface area contributed by atoms with E-state index < -0.39 is 9.84 Å². The Balaban J connectivity index is 1.76. The van der Waals surface area contributed by atoms with Crippen molar-refractivity contribution in [2.45, 2.75) is 20.7 Å². The van der Waals surface area contributed by atoms with Gasteiger partial charge in [-0.1, -0.05) is 0 Å². The lowest BCUT2D eigenvalue weighted by Gasteiger charge is -2.06. The molecule has 1 aromatic carbocycles. The first-order valence-corrected chi connectivity index (χ1v) is 9.48. The van der Waals surface area contributed by atoms with E-state index in [0.717, 1.165) is 4.90 Å². The molecule has 0 aliphatic rings. The Hall–Kier alpha value is -2.45. The molecule has 24 heavy (non-hydrogen) atoms. The Morgan fingerprint density at radius 3 is 2.33 bits per heavy atom. The van der Waals surface area contributed by atoms with Gasteiger partial charge in [0.25, 0.3) is 0 Å². The van der Waals surface area contributed by atoms with Gasteiger partial charge in [0.2, 0.25) is 0 Å². The van der Waals surface area contributed by atoms with Crippen LogP contribution in [0.4, 0.5) is 5.82 Å². The van der Waals surface area contributed by atoms with Gasteiger partial charge >= 0.3 is 0 Å². The van der Waals surface area contributed by atoms with Crippen molar-refractivity contribution in [1.29, 1.82) is 0 Å². The third kappa shape index (κ3) is 4.09. The number of aromatic nitrogens is 3. The summed E-state index contributed by atoms with van der Waals surface area (Å²) in [5.41, 5.74) is 6.32. The zero-order valence-corrected chi connectivity index (χ0v) is 14.2. The minimum absolute atomic E-state index is 0.0552. The van der Waals surface area contributed by atoms with E-state index in [1.54, 1.807) is 61.1 Å². The van der Waals surface area contributed by atoms with Crippen molar-refractivity contribution in [3.63, 3.8) is 0 Å². The second-order valence-corrected chi connectivity index (χ2v) is 7.98. The minimum Gasteiger partial charge on any atom is -0.384 e. The summed E-state index contributed by atoms with van der Waals surface area (Å²) >= 11 is 1.32. The fraction of sp³-hybridized carbons (Fsp3) is 0.0625. The van der Waals surface area contributed by atoms with Crippen molar-refractivity contribution in [3.05, 3.63) is 66.6 Å². The lowest BCUT2D eigenvalue weighted by molar-refractivity contribution is 0.595. The monoisotopic (exact) mass is 358 g/mol. The largest absolute Gasteiger partial charge is 0.384 e.